The van der Waals surface area contributed by atoms with Gasteiger partial charge in [0.2, 0.25) is 0 Å². The highest BCUT2D eigenvalue weighted by Crippen LogP contribution is 2.34. The van der Waals surface area contributed by atoms with Gasteiger partial charge >= 0.3 is 0 Å². The second-order valence-electron chi connectivity index (χ2n) is 5.00. The van der Waals surface area contributed by atoms with Gasteiger partial charge in [0.25, 0.3) is 0 Å². The first-order valence-electron chi connectivity index (χ1n) is 6.64. The van der Waals surface area contributed by atoms with Gasteiger partial charge in [-0.1, -0.05) is 18.2 Å². The van der Waals surface area contributed by atoms with Gasteiger partial charge in [0, 0.05) is 15.0 Å². The van der Waals surface area contributed by atoms with Crippen molar-refractivity contribution in [1.29, 1.82) is 0 Å². The molecule has 0 saturated heterocycles. The number of para-hydroxylation sites is 1. The van der Waals surface area contributed by atoms with Crippen LogP contribution >= 0.6 is 11.3 Å². The van der Waals surface area contributed by atoms with Crippen LogP contribution in [0.2, 0.25) is 0 Å². The van der Waals surface area contributed by atoms with E-state index < -0.39 is 0 Å². The Morgan fingerprint density at radius 2 is 1.86 bits per heavy atom. The average Bonchev–Trinajstić information content (AvgIpc) is 3.09. The maximum absolute atomic E-state index is 13.3. The van der Waals surface area contributed by atoms with Crippen molar-refractivity contribution in [2.75, 3.05) is 0 Å². The molecular weight excluding hydrogens is 285 g/mol. The molecule has 21 heavy (non-hydrogen) atoms. The second-order valence-corrected chi connectivity index (χ2v) is 6.11. The lowest BCUT2D eigenvalue weighted by Gasteiger charge is -2.04. The van der Waals surface area contributed by atoms with E-state index >= 15 is 0 Å². The fraction of sp³-hybridized carbons (Fsp3) is 0.0588. The van der Waals surface area contributed by atoms with Gasteiger partial charge in [-0.25, -0.2) is 4.39 Å². The Morgan fingerprint density at radius 1 is 1.00 bits per heavy atom. The summed E-state index contributed by atoms with van der Waals surface area (Å²) in [6, 6.07) is 16.2. The van der Waals surface area contributed by atoms with E-state index in [9.17, 15) is 4.39 Å². The van der Waals surface area contributed by atoms with Crippen LogP contribution in [0.25, 0.3) is 21.1 Å². The summed E-state index contributed by atoms with van der Waals surface area (Å²) >= 11 is 1.57. The van der Waals surface area contributed by atoms with Crippen LogP contribution in [0.15, 0.2) is 59.0 Å². The lowest BCUT2D eigenvalue weighted by Crippen LogP contribution is -2.08. The van der Waals surface area contributed by atoms with Crippen molar-refractivity contribution in [3.8, 4) is 0 Å². The molecule has 104 valence electrons. The van der Waals surface area contributed by atoms with Gasteiger partial charge in [0.1, 0.15) is 17.2 Å². The quantitative estimate of drug-likeness (QED) is 0.575. The molecule has 4 aromatic rings. The molecule has 2 aromatic heterocycles. The molecule has 2 N–H and O–H groups in total. The lowest BCUT2D eigenvalue weighted by atomic mass is 10.1. The zero-order valence-electron chi connectivity index (χ0n) is 11.0. The van der Waals surface area contributed by atoms with E-state index in [0.29, 0.717) is 0 Å². The first-order chi connectivity index (χ1) is 10.2. The van der Waals surface area contributed by atoms with Crippen molar-refractivity contribution in [2.24, 2.45) is 5.73 Å². The minimum atomic E-state index is -0.335. The molecule has 2 nitrogen and oxygen atoms in total. The van der Waals surface area contributed by atoms with Crippen LogP contribution in [0, 0.1) is 5.82 Å². The smallest absolute Gasteiger partial charge is 0.134 e. The van der Waals surface area contributed by atoms with Gasteiger partial charge in [-0.3, -0.25) is 0 Å². The molecule has 2 aromatic carbocycles. The Morgan fingerprint density at radius 3 is 2.71 bits per heavy atom. The normalized spacial score (nSPS) is 13.0. The van der Waals surface area contributed by atoms with Crippen LogP contribution < -0.4 is 5.73 Å². The molecule has 0 aliphatic heterocycles. The monoisotopic (exact) mass is 297 g/mol. The number of halogens is 1. The molecule has 0 bridgehead atoms. The van der Waals surface area contributed by atoms with E-state index in [2.05, 4.69) is 0 Å². The van der Waals surface area contributed by atoms with Gasteiger partial charge in [-0.05, 0) is 41.8 Å². The van der Waals surface area contributed by atoms with Crippen LogP contribution in [-0.2, 0) is 0 Å². The Labute approximate surface area is 124 Å². The Balaban J connectivity index is 1.79. The van der Waals surface area contributed by atoms with E-state index in [-0.39, 0.29) is 11.9 Å². The SMILES string of the molecule is NC(c1cc2ccccc2o1)c1cc2cc(F)ccc2s1. The standard InChI is InChI=1S/C17H12FNOS/c18-12-5-6-15-11(7-12)9-16(21-15)17(19)14-8-10-3-1-2-4-13(10)20-14/h1-9,17H,19H2. The first kappa shape index (κ1) is 12.6. The number of hydrogen-bond donors (Lipinski definition) is 1. The van der Waals surface area contributed by atoms with Gasteiger partial charge in [0.15, 0.2) is 0 Å². The predicted octanol–water partition coefficient (Wildman–Crippen LogP) is 4.83. The third-order valence-corrected chi connectivity index (χ3v) is 4.75. The largest absolute Gasteiger partial charge is 0.459 e. The van der Waals surface area contributed by atoms with Crippen molar-refractivity contribution < 1.29 is 8.81 Å². The Kier molecular flexibility index (Phi) is 2.80. The molecule has 1 unspecified atom stereocenters. The maximum Gasteiger partial charge on any atom is 0.134 e. The van der Waals surface area contributed by atoms with E-state index in [1.807, 2.05) is 36.4 Å². The van der Waals surface area contributed by atoms with Gasteiger partial charge < -0.3 is 10.2 Å². The molecule has 0 amide bonds. The van der Waals surface area contributed by atoms with E-state index in [1.54, 1.807) is 17.4 Å². The lowest BCUT2D eigenvalue weighted by molar-refractivity contribution is 0.528. The van der Waals surface area contributed by atoms with Crippen LogP contribution in [0.3, 0.4) is 0 Å². The Bertz CT molecular complexity index is 907. The fourth-order valence-electron chi connectivity index (χ4n) is 2.48. The van der Waals surface area contributed by atoms with Crippen molar-refractivity contribution in [1.82, 2.24) is 0 Å². The number of rotatable bonds is 2. The molecule has 0 spiro atoms. The summed E-state index contributed by atoms with van der Waals surface area (Å²) < 4.78 is 20.1. The zero-order chi connectivity index (χ0) is 14.4. The van der Waals surface area contributed by atoms with Crippen LogP contribution in [0.1, 0.15) is 16.7 Å². The fourth-order valence-corrected chi connectivity index (χ4v) is 3.54. The van der Waals surface area contributed by atoms with E-state index in [1.165, 1.54) is 12.1 Å². The molecule has 1 atom stereocenters. The first-order valence-corrected chi connectivity index (χ1v) is 7.45. The summed E-state index contributed by atoms with van der Waals surface area (Å²) in [6.07, 6.45) is 0. The summed E-state index contributed by atoms with van der Waals surface area (Å²) in [5.74, 6) is 0.493. The summed E-state index contributed by atoms with van der Waals surface area (Å²) in [5.41, 5.74) is 7.13. The van der Waals surface area contributed by atoms with E-state index in [4.69, 9.17) is 10.2 Å². The van der Waals surface area contributed by atoms with Gasteiger partial charge in [0.05, 0.1) is 6.04 Å². The molecule has 0 aliphatic rings. The molecule has 0 radical (unpaired) electrons. The number of fused-ring (bicyclic) bond motifs is 2. The molecule has 0 fully saturated rings. The summed E-state index contributed by atoms with van der Waals surface area (Å²) in [6.45, 7) is 0. The molecule has 0 aliphatic carbocycles. The predicted molar refractivity (Wildman–Crippen MR) is 84.0 cm³/mol. The Hall–Kier alpha value is -2.17. The topological polar surface area (TPSA) is 39.2 Å². The van der Waals surface area contributed by atoms with Crippen molar-refractivity contribution in [3.63, 3.8) is 0 Å². The second kappa shape index (κ2) is 4.69. The van der Waals surface area contributed by atoms with Gasteiger partial charge in [-0.15, -0.1) is 11.3 Å². The minimum Gasteiger partial charge on any atom is -0.459 e. The third kappa shape index (κ3) is 2.13. The zero-order valence-corrected chi connectivity index (χ0v) is 11.9. The highest BCUT2D eigenvalue weighted by atomic mass is 32.1. The highest BCUT2D eigenvalue weighted by Gasteiger charge is 2.17. The van der Waals surface area contributed by atoms with Gasteiger partial charge in [-0.2, -0.15) is 0 Å². The molecule has 2 heterocycles. The van der Waals surface area contributed by atoms with Crippen molar-refractivity contribution in [3.05, 3.63) is 71.1 Å². The maximum atomic E-state index is 13.3. The summed E-state index contributed by atoms with van der Waals surface area (Å²) in [5, 5.41) is 1.91. The van der Waals surface area contributed by atoms with Crippen LogP contribution in [0.5, 0.6) is 0 Å². The van der Waals surface area contributed by atoms with Crippen molar-refractivity contribution >= 4 is 32.4 Å². The number of furan rings is 1. The number of benzene rings is 2. The highest BCUT2D eigenvalue weighted by molar-refractivity contribution is 7.19. The third-order valence-electron chi connectivity index (χ3n) is 3.56. The summed E-state index contributed by atoms with van der Waals surface area (Å²) in [7, 11) is 0. The average molecular weight is 297 g/mol. The molecular formula is C17H12FNOS. The molecule has 0 saturated carbocycles. The molecule has 4 rings (SSSR count). The van der Waals surface area contributed by atoms with Crippen LogP contribution in [0.4, 0.5) is 4.39 Å². The van der Waals surface area contributed by atoms with Crippen molar-refractivity contribution in [2.45, 2.75) is 6.04 Å². The molecule has 4 heteroatoms. The summed E-state index contributed by atoms with van der Waals surface area (Å²) in [4.78, 5) is 0.967. The van der Waals surface area contributed by atoms with E-state index in [0.717, 1.165) is 31.7 Å². The number of thiophene rings is 1. The number of hydrogen-bond acceptors (Lipinski definition) is 3. The van der Waals surface area contributed by atoms with Crippen LogP contribution in [-0.4, -0.2) is 0 Å². The minimum absolute atomic E-state index is 0.232. The number of nitrogens with two attached hydrogens (primary N) is 1.